The number of rotatable bonds is 9. The van der Waals surface area contributed by atoms with E-state index in [0.717, 1.165) is 6.42 Å². The first kappa shape index (κ1) is 22.2. The number of benzene rings is 1. The summed E-state index contributed by atoms with van der Waals surface area (Å²) in [7, 11) is 1.68. The fraction of sp³-hybridized carbons (Fsp3) is 0.333. The largest absolute Gasteiger partial charge is 0.475 e. The van der Waals surface area contributed by atoms with E-state index in [1.165, 1.54) is 10.7 Å². The molecule has 0 radical (unpaired) electrons. The highest BCUT2D eigenvalue weighted by molar-refractivity contribution is 6.37. The number of halogens is 2. The molecule has 0 saturated heterocycles. The van der Waals surface area contributed by atoms with Gasteiger partial charge in [0.2, 0.25) is 11.7 Å². The third-order valence-corrected chi connectivity index (χ3v) is 4.56. The standard InChI is InChI=1S/C21H24Cl2N2O3/c1-4-5-6-7-8-9-16(26)13-28-21-19(14(2)24-25(21)3)20(27)17-11-10-15(22)12-18(17)23/h5-8,10-12,16,26H,4,9,13H2,1-3H3/b6-5-,8-7-. The molecule has 0 amide bonds. The highest BCUT2D eigenvalue weighted by atomic mass is 35.5. The van der Waals surface area contributed by atoms with Crippen molar-refractivity contribution in [2.75, 3.05) is 6.61 Å². The number of aromatic nitrogens is 2. The summed E-state index contributed by atoms with van der Waals surface area (Å²) in [4.78, 5) is 13.0. The molecule has 1 unspecified atom stereocenters. The van der Waals surface area contributed by atoms with Crippen LogP contribution >= 0.6 is 23.2 Å². The molecule has 0 bridgehead atoms. The summed E-state index contributed by atoms with van der Waals surface area (Å²) < 4.78 is 7.23. The minimum Gasteiger partial charge on any atom is -0.475 e. The molecule has 1 N–H and O–H groups in total. The van der Waals surface area contributed by atoms with Gasteiger partial charge in [0, 0.05) is 17.6 Å². The lowest BCUT2D eigenvalue weighted by atomic mass is 10.0. The Morgan fingerprint density at radius 1 is 1.32 bits per heavy atom. The smallest absolute Gasteiger partial charge is 0.223 e. The molecule has 2 aromatic rings. The molecule has 1 aromatic heterocycles. The Morgan fingerprint density at radius 3 is 2.71 bits per heavy atom. The molecular formula is C21H24Cl2N2O3. The first-order valence-electron chi connectivity index (χ1n) is 9.01. The number of carbonyl (C=O) groups is 1. The van der Waals surface area contributed by atoms with Gasteiger partial charge in [0.15, 0.2) is 0 Å². The van der Waals surface area contributed by atoms with Crippen LogP contribution in [0.25, 0.3) is 0 Å². The second kappa shape index (κ2) is 10.5. The van der Waals surface area contributed by atoms with Gasteiger partial charge in [-0.3, -0.25) is 4.79 Å². The van der Waals surface area contributed by atoms with Crippen molar-refractivity contribution in [3.8, 4) is 5.88 Å². The van der Waals surface area contributed by atoms with Crippen molar-refractivity contribution in [3.63, 3.8) is 0 Å². The van der Waals surface area contributed by atoms with Crippen LogP contribution in [-0.2, 0) is 7.05 Å². The van der Waals surface area contributed by atoms with E-state index in [2.05, 4.69) is 12.0 Å². The molecule has 1 heterocycles. The number of aliphatic hydroxyl groups excluding tert-OH is 1. The fourth-order valence-corrected chi connectivity index (χ4v) is 3.14. The van der Waals surface area contributed by atoms with Crippen molar-refractivity contribution in [2.24, 2.45) is 7.05 Å². The monoisotopic (exact) mass is 422 g/mol. The summed E-state index contributed by atoms with van der Waals surface area (Å²) >= 11 is 12.1. The van der Waals surface area contributed by atoms with Crippen LogP contribution in [0.15, 0.2) is 42.5 Å². The quantitative estimate of drug-likeness (QED) is 0.460. The van der Waals surface area contributed by atoms with Crippen LogP contribution in [-0.4, -0.2) is 33.4 Å². The summed E-state index contributed by atoms with van der Waals surface area (Å²) in [5, 5.41) is 15.1. The number of aryl methyl sites for hydroxylation is 2. The van der Waals surface area contributed by atoms with Gasteiger partial charge in [-0.25, -0.2) is 4.68 Å². The highest BCUT2D eigenvalue weighted by Gasteiger charge is 2.25. The van der Waals surface area contributed by atoms with E-state index >= 15 is 0 Å². The maximum atomic E-state index is 13.0. The van der Waals surface area contributed by atoms with Crippen LogP contribution in [0.4, 0.5) is 0 Å². The predicted octanol–water partition coefficient (Wildman–Crippen LogP) is 4.92. The van der Waals surface area contributed by atoms with Crippen LogP contribution < -0.4 is 4.74 Å². The third-order valence-electron chi connectivity index (χ3n) is 4.01. The van der Waals surface area contributed by atoms with Gasteiger partial charge in [0.05, 0.1) is 16.8 Å². The van der Waals surface area contributed by atoms with Crippen LogP contribution in [0.1, 0.15) is 41.4 Å². The van der Waals surface area contributed by atoms with E-state index < -0.39 is 6.10 Å². The van der Waals surface area contributed by atoms with Crippen molar-refractivity contribution < 1.29 is 14.6 Å². The topological polar surface area (TPSA) is 64.3 Å². The van der Waals surface area contributed by atoms with Crippen LogP contribution in [0.3, 0.4) is 0 Å². The average molecular weight is 423 g/mol. The molecule has 0 aliphatic rings. The number of hydrogen-bond acceptors (Lipinski definition) is 4. The molecule has 0 saturated carbocycles. The molecule has 0 aliphatic heterocycles. The van der Waals surface area contributed by atoms with Gasteiger partial charge in [-0.2, -0.15) is 5.10 Å². The SMILES string of the molecule is CC/C=C\C=C/CC(O)COc1c(C(=O)c2ccc(Cl)cc2Cl)c(C)nn1C. The van der Waals surface area contributed by atoms with E-state index in [4.69, 9.17) is 27.9 Å². The lowest BCUT2D eigenvalue weighted by Crippen LogP contribution is -2.19. The van der Waals surface area contributed by atoms with Crippen molar-refractivity contribution in [2.45, 2.75) is 32.8 Å². The Bertz CT molecular complexity index is 888. The van der Waals surface area contributed by atoms with E-state index in [9.17, 15) is 9.90 Å². The van der Waals surface area contributed by atoms with Crippen LogP contribution in [0.5, 0.6) is 5.88 Å². The van der Waals surface area contributed by atoms with Crippen molar-refractivity contribution in [1.82, 2.24) is 9.78 Å². The second-order valence-corrected chi connectivity index (χ2v) is 7.15. The number of allylic oxidation sites excluding steroid dienone is 3. The number of nitrogens with zero attached hydrogens (tertiary/aromatic N) is 2. The molecule has 5 nitrogen and oxygen atoms in total. The highest BCUT2D eigenvalue weighted by Crippen LogP contribution is 2.29. The van der Waals surface area contributed by atoms with Crippen molar-refractivity contribution in [3.05, 3.63) is 69.4 Å². The molecule has 7 heteroatoms. The van der Waals surface area contributed by atoms with E-state index in [0.29, 0.717) is 34.1 Å². The number of ether oxygens (including phenoxy) is 1. The lowest BCUT2D eigenvalue weighted by Gasteiger charge is -2.12. The Kier molecular flexibility index (Phi) is 8.30. The van der Waals surface area contributed by atoms with Crippen molar-refractivity contribution in [1.29, 1.82) is 0 Å². The van der Waals surface area contributed by atoms with E-state index in [1.807, 2.05) is 24.3 Å². The van der Waals surface area contributed by atoms with Gasteiger partial charge < -0.3 is 9.84 Å². The van der Waals surface area contributed by atoms with Gasteiger partial charge >= 0.3 is 0 Å². The van der Waals surface area contributed by atoms with Gasteiger partial charge in [0.25, 0.3) is 0 Å². The first-order valence-corrected chi connectivity index (χ1v) is 9.76. The number of aliphatic hydroxyl groups is 1. The maximum absolute atomic E-state index is 13.0. The normalized spacial score (nSPS) is 12.8. The van der Waals surface area contributed by atoms with E-state index in [1.54, 1.807) is 26.1 Å². The van der Waals surface area contributed by atoms with Gasteiger partial charge in [-0.15, -0.1) is 0 Å². The molecule has 0 fully saturated rings. The van der Waals surface area contributed by atoms with E-state index in [-0.39, 0.29) is 17.4 Å². The molecule has 0 aliphatic carbocycles. The summed E-state index contributed by atoms with van der Waals surface area (Å²) in [6, 6.07) is 4.70. The average Bonchev–Trinajstić information content (AvgIpc) is 2.92. The molecule has 1 aromatic carbocycles. The molecule has 2 rings (SSSR count). The summed E-state index contributed by atoms with van der Waals surface area (Å²) in [6.45, 7) is 3.82. The van der Waals surface area contributed by atoms with Gasteiger partial charge in [-0.05, 0) is 38.0 Å². The maximum Gasteiger partial charge on any atom is 0.223 e. The van der Waals surface area contributed by atoms with Crippen LogP contribution in [0.2, 0.25) is 10.0 Å². The minimum atomic E-state index is -0.705. The number of hydrogen-bond donors (Lipinski definition) is 1. The van der Waals surface area contributed by atoms with Crippen molar-refractivity contribution >= 4 is 29.0 Å². The number of ketones is 1. The summed E-state index contributed by atoms with van der Waals surface area (Å²) in [5.41, 5.74) is 1.16. The Balaban J connectivity index is 2.15. The minimum absolute atomic E-state index is 0.0371. The third kappa shape index (κ3) is 5.71. The summed E-state index contributed by atoms with van der Waals surface area (Å²) in [6.07, 6.45) is 8.42. The molecule has 1 atom stereocenters. The Morgan fingerprint density at radius 2 is 2.04 bits per heavy atom. The van der Waals surface area contributed by atoms with Crippen LogP contribution in [0, 0.1) is 6.92 Å². The molecule has 28 heavy (non-hydrogen) atoms. The predicted molar refractivity (Wildman–Crippen MR) is 113 cm³/mol. The Labute approximate surface area is 175 Å². The summed E-state index contributed by atoms with van der Waals surface area (Å²) in [5.74, 6) is -0.0104. The molecular weight excluding hydrogens is 399 g/mol. The fourth-order valence-electron chi connectivity index (χ4n) is 2.64. The molecule has 150 valence electrons. The lowest BCUT2D eigenvalue weighted by molar-refractivity contribution is 0.0977. The first-order chi connectivity index (χ1) is 13.3. The second-order valence-electron chi connectivity index (χ2n) is 6.31. The van der Waals surface area contributed by atoms with Gasteiger partial charge in [-0.1, -0.05) is 54.4 Å². The zero-order chi connectivity index (χ0) is 20.7. The number of carbonyl (C=O) groups excluding carboxylic acids is 1. The zero-order valence-corrected chi connectivity index (χ0v) is 17.7. The Hall–Kier alpha value is -2.08. The molecule has 0 spiro atoms. The van der Waals surface area contributed by atoms with Gasteiger partial charge in [0.1, 0.15) is 12.2 Å². The zero-order valence-electron chi connectivity index (χ0n) is 16.2.